The zero-order chi connectivity index (χ0) is 20.5. The van der Waals surface area contributed by atoms with E-state index in [0.29, 0.717) is 24.0 Å². The number of hydrogen-bond donors (Lipinski definition) is 1. The number of aldehydes is 1. The molecule has 0 radical (unpaired) electrons. The molecule has 3 nitrogen and oxygen atoms in total. The molecule has 3 atom stereocenters. The van der Waals surface area contributed by atoms with E-state index in [9.17, 15) is 18.0 Å². The number of hydrogen-bond acceptors (Lipinski definition) is 3. The standard InChI is InChI=1S/C22H22F3NO2/c1-3-13-28-22(17-8-11-19(24)20(25)14-17)21(26-15(2)5-4-12-27)16-6-9-18(23)10-7-16/h1,6-12,14-15,21-22,26H,4-5,13H2,2H3. The van der Waals surface area contributed by atoms with E-state index in [1.807, 2.05) is 6.92 Å². The van der Waals surface area contributed by atoms with Gasteiger partial charge in [-0.1, -0.05) is 24.1 Å². The molecule has 0 heterocycles. The summed E-state index contributed by atoms with van der Waals surface area (Å²) in [7, 11) is 0. The average Bonchev–Trinajstić information content (AvgIpc) is 2.69. The lowest BCUT2D eigenvalue weighted by Crippen LogP contribution is -2.35. The Balaban J connectivity index is 2.43. The molecule has 2 aromatic rings. The summed E-state index contributed by atoms with van der Waals surface area (Å²) in [4.78, 5) is 10.7. The van der Waals surface area contributed by atoms with Crippen LogP contribution in [0.2, 0.25) is 0 Å². The molecule has 0 spiro atoms. The van der Waals surface area contributed by atoms with Crippen LogP contribution in [0.3, 0.4) is 0 Å². The quantitative estimate of drug-likeness (QED) is 0.481. The average molecular weight is 389 g/mol. The van der Waals surface area contributed by atoms with E-state index >= 15 is 0 Å². The highest BCUT2D eigenvalue weighted by Gasteiger charge is 2.28. The molecule has 0 aliphatic carbocycles. The minimum absolute atomic E-state index is 0.0498. The maximum Gasteiger partial charge on any atom is 0.159 e. The molecule has 0 aliphatic rings. The fourth-order valence-electron chi connectivity index (χ4n) is 2.95. The monoisotopic (exact) mass is 389 g/mol. The molecule has 0 aromatic heterocycles. The number of nitrogens with one attached hydrogen (secondary N) is 1. The molecule has 0 saturated carbocycles. The Morgan fingerprint density at radius 1 is 1.11 bits per heavy atom. The van der Waals surface area contributed by atoms with E-state index in [2.05, 4.69) is 11.2 Å². The lowest BCUT2D eigenvalue weighted by molar-refractivity contribution is -0.108. The van der Waals surface area contributed by atoms with Gasteiger partial charge in [-0.25, -0.2) is 13.2 Å². The Kier molecular flexibility index (Phi) is 8.24. The number of halogens is 3. The van der Waals surface area contributed by atoms with Crippen molar-refractivity contribution in [3.05, 3.63) is 71.0 Å². The van der Waals surface area contributed by atoms with Crippen molar-refractivity contribution in [2.45, 2.75) is 38.0 Å². The molecule has 3 unspecified atom stereocenters. The molecular formula is C22H22F3NO2. The van der Waals surface area contributed by atoms with Gasteiger partial charge in [0.1, 0.15) is 24.8 Å². The van der Waals surface area contributed by atoms with Gasteiger partial charge in [-0.3, -0.25) is 0 Å². The summed E-state index contributed by atoms with van der Waals surface area (Å²) in [5.41, 5.74) is 1.07. The smallest absolute Gasteiger partial charge is 0.159 e. The van der Waals surface area contributed by atoms with Gasteiger partial charge in [-0.15, -0.1) is 6.42 Å². The van der Waals surface area contributed by atoms with Crippen LogP contribution in [-0.4, -0.2) is 18.9 Å². The second kappa shape index (κ2) is 10.6. The van der Waals surface area contributed by atoms with Crippen LogP contribution in [0.1, 0.15) is 43.0 Å². The van der Waals surface area contributed by atoms with E-state index < -0.39 is 29.6 Å². The molecule has 2 aromatic carbocycles. The highest BCUT2D eigenvalue weighted by atomic mass is 19.2. The molecule has 0 bridgehead atoms. The second-order valence-electron chi connectivity index (χ2n) is 6.45. The molecule has 0 amide bonds. The van der Waals surface area contributed by atoms with Crippen LogP contribution in [0.25, 0.3) is 0 Å². The maximum atomic E-state index is 13.8. The van der Waals surface area contributed by atoms with Gasteiger partial charge < -0.3 is 14.8 Å². The first kappa shape index (κ1) is 21.7. The molecule has 0 saturated heterocycles. The topological polar surface area (TPSA) is 38.3 Å². The normalized spacial score (nSPS) is 14.1. The number of ether oxygens (including phenoxy) is 1. The SMILES string of the molecule is C#CCOC(c1ccc(F)c(F)c1)C(NC(C)CCC=O)c1ccc(F)cc1. The van der Waals surface area contributed by atoms with Crippen LogP contribution in [-0.2, 0) is 9.53 Å². The first-order chi connectivity index (χ1) is 13.5. The Labute approximate surface area is 162 Å². The van der Waals surface area contributed by atoms with Gasteiger partial charge in [0.25, 0.3) is 0 Å². The van der Waals surface area contributed by atoms with Crippen LogP contribution < -0.4 is 5.32 Å². The number of carbonyl (C=O) groups is 1. The fraction of sp³-hybridized carbons (Fsp3) is 0.318. The molecule has 1 N–H and O–H groups in total. The molecule has 28 heavy (non-hydrogen) atoms. The Morgan fingerprint density at radius 2 is 1.79 bits per heavy atom. The predicted molar refractivity (Wildman–Crippen MR) is 101 cm³/mol. The Hall–Kier alpha value is -2.62. The van der Waals surface area contributed by atoms with Crippen molar-refractivity contribution in [1.82, 2.24) is 5.32 Å². The Bertz CT molecular complexity index is 818. The van der Waals surface area contributed by atoms with E-state index in [-0.39, 0.29) is 12.6 Å². The minimum atomic E-state index is -1.00. The lowest BCUT2D eigenvalue weighted by atomic mass is 9.94. The minimum Gasteiger partial charge on any atom is -0.359 e. The van der Waals surface area contributed by atoms with Crippen LogP contribution in [0.5, 0.6) is 0 Å². The summed E-state index contributed by atoms with van der Waals surface area (Å²) in [6.07, 6.45) is 6.33. The zero-order valence-electron chi connectivity index (χ0n) is 15.5. The summed E-state index contributed by atoms with van der Waals surface area (Å²) in [5, 5.41) is 3.34. The van der Waals surface area contributed by atoms with Crippen molar-refractivity contribution in [3.8, 4) is 12.3 Å². The highest BCUT2D eigenvalue weighted by Crippen LogP contribution is 2.34. The van der Waals surface area contributed by atoms with Gasteiger partial charge >= 0.3 is 0 Å². The Morgan fingerprint density at radius 3 is 2.39 bits per heavy atom. The van der Waals surface area contributed by atoms with Crippen molar-refractivity contribution in [2.75, 3.05) is 6.61 Å². The van der Waals surface area contributed by atoms with Crippen molar-refractivity contribution in [3.63, 3.8) is 0 Å². The first-order valence-corrected chi connectivity index (χ1v) is 8.91. The molecule has 0 aliphatic heterocycles. The molecule has 2 rings (SSSR count). The molecular weight excluding hydrogens is 367 g/mol. The number of terminal acetylenes is 1. The molecule has 6 heteroatoms. The van der Waals surface area contributed by atoms with Crippen LogP contribution >= 0.6 is 0 Å². The van der Waals surface area contributed by atoms with Crippen LogP contribution in [0.4, 0.5) is 13.2 Å². The van der Waals surface area contributed by atoms with Crippen molar-refractivity contribution < 1.29 is 22.7 Å². The zero-order valence-corrected chi connectivity index (χ0v) is 15.5. The predicted octanol–water partition coefficient (Wildman–Crippen LogP) is 4.49. The summed E-state index contributed by atoms with van der Waals surface area (Å²) >= 11 is 0. The summed E-state index contributed by atoms with van der Waals surface area (Å²) in [5.74, 6) is 0.00635. The third-order valence-electron chi connectivity index (χ3n) is 4.33. The molecule has 0 fully saturated rings. The van der Waals surface area contributed by atoms with Gasteiger partial charge in [0.05, 0.1) is 6.04 Å². The number of carbonyl (C=O) groups excluding carboxylic acids is 1. The second-order valence-corrected chi connectivity index (χ2v) is 6.45. The highest BCUT2D eigenvalue weighted by molar-refractivity contribution is 5.49. The van der Waals surface area contributed by atoms with E-state index in [1.165, 1.54) is 18.2 Å². The van der Waals surface area contributed by atoms with Gasteiger partial charge in [0.15, 0.2) is 11.6 Å². The number of rotatable bonds is 10. The molecule has 148 valence electrons. The van der Waals surface area contributed by atoms with Gasteiger partial charge in [-0.2, -0.15) is 0 Å². The lowest BCUT2D eigenvalue weighted by Gasteiger charge is -2.31. The van der Waals surface area contributed by atoms with Gasteiger partial charge in [-0.05, 0) is 48.7 Å². The summed E-state index contributed by atoms with van der Waals surface area (Å²) in [6.45, 7) is 1.84. The fourth-order valence-corrected chi connectivity index (χ4v) is 2.95. The first-order valence-electron chi connectivity index (χ1n) is 8.91. The largest absolute Gasteiger partial charge is 0.359 e. The van der Waals surface area contributed by atoms with Crippen molar-refractivity contribution in [2.24, 2.45) is 0 Å². The third kappa shape index (κ3) is 5.95. The van der Waals surface area contributed by atoms with Crippen LogP contribution in [0, 0.1) is 29.8 Å². The van der Waals surface area contributed by atoms with Crippen molar-refractivity contribution in [1.29, 1.82) is 0 Å². The van der Waals surface area contributed by atoms with E-state index in [4.69, 9.17) is 11.2 Å². The van der Waals surface area contributed by atoms with Gasteiger partial charge in [0, 0.05) is 12.5 Å². The third-order valence-corrected chi connectivity index (χ3v) is 4.33. The van der Waals surface area contributed by atoms with E-state index in [0.717, 1.165) is 18.4 Å². The van der Waals surface area contributed by atoms with Crippen molar-refractivity contribution >= 4 is 6.29 Å². The number of benzene rings is 2. The maximum absolute atomic E-state index is 13.8. The summed E-state index contributed by atoms with van der Waals surface area (Å²) in [6, 6.07) is 8.68. The van der Waals surface area contributed by atoms with E-state index in [1.54, 1.807) is 12.1 Å². The van der Waals surface area contributed by atoms with Crippen LogP contribution in [0.15, 0.2) is 42.5 Å². The van der Waals surface area contributed by atoms with Gasteiger partial charge in [0.2, 0.25) is 0 Å². The summed E-state index contributed by atoms with van der Waals surface area (Å²) < 4.78 is 46.4.